The Balaban J connectivity index is 2.33. The summed E-state index contributed by atoms with van der Waals surface area (Å²) in [6.45, 7) is 0.760. The number of carboxylic acids is 1. The van der Waals surface area contributed by atoms with Gasteiger partial charge in [-0.25, -0.2) is 4.79 Å². The van der Waals surface area contributed by atoms with Gasteiger partial charge in [0.15, 0.2) is 0 Å². The molecule has 0 radical (unpaired) electrons. The van der Waals surface area contributed by atoms with E-state index in [1.165, 1.54) is 31.2 Å². The SMILES string of the molecule is CC(=O)N[C@H]1C(c2ccc(C(=O)O)cc2)O[C@H](CO)[C@@H](O)[C@@H]1O. The second kappa shape index (κ2) is 7.05. The number of hydrogen-bond donors (Lipinski definition) is 5. The van der Waals surface area contributed by atoms with E-state index in [4.69, 9.17) is 9.84 Å². The zero-order valence-corrected chi connectivity index (χ0v) is 12.4. The van der Waals surface area contributed by atoms with Crippen LogP contribution in [0.3, 0.4) is 0 Å². The van der Waals surface area contributed by atoms with Crippen LogP contribution in [0.2, 0.25) is 0 Å². The molecule has 126 valence electrons. The van der Waals surface area contributed by atoms with E-state index in [9.17, 15) is 24.9 Å². The van der Waals surface area contributed by atoms with Gasteiger partial charge in [-0.15, -0.1) is 0 Å². The third-order valence-corrected chi connectivity index (χ3v) is 3.78. The fourth-order valence-electron chi connectivity index (χ4n) is 2.61. The highest BCUT2D eigenvalue weighted by Crippen LogP contribution is 2.32. The molecule has 1 aliphatic rings. The van der Waals surface area contributed by atoms with Gasteiger partial charge in [-0.05, 0) is 17.7 Å². The summed E-state index contributed by atoms with van der Waals surface area (Å²) < 4.78 is 5.60. The first-order valence-corrected chi connectivity index (χ1v) is 7.08. The molecule has 0 spiro atoms. The number of aromatic carboxylic acids is 1. The Morgan fingerprint density at radius 1 is 1.17 bits per heavy atom. The third kappa shape index (κ3) is 3.67. The van der Waals surface area contributed by atoms with Crippen molar-refractivity contribution in [1.29, 1.82) is 0 Å². The number of rotatable bonds is 4. The second-order valence-corrected chi connectivity index (χ2v) is 5.41. The molecule has 23 heavy (non-hydrogen) atoms. The van der Waals surface area contributed by atoms with Gasteiger partial charge in [0.1, 0.15) is 24.4 Å². The predicted octanol–water partition coefficient (Wildman–Crippen LogP) is -0.956. The maximum atomic E-state index is 11.3. The summed E-state index contributed by atoms with van der Waals surface area (Å²) >= 11 is 0. The second-order valence-electron chi connectivity index (χ2n) is 5.41. The highest BCUT2D eigenvalue weighted by atomic mass is 16.5. The molecule has 0 bridgehead atoms. The normalized spacial score (nSPS) is 30.7. The molecule has 1 fully saturated rings. The number of amides is 1. The molecule has 1 aliphatic heterocycles. The fraction of sp³-hybridized carbons (Fsp3) is 0.467. The van der Waals surface area contributed by atoms with Crippen LogP contribution < -0.4 is 5.32 Å². The van der Waals surface area contributed by atoms with Crippen molar-refractivity contribution < 1.29 is 34.8 Å². The molecule has 1 amide bonds. The summed E-state index contributed by atoms with van der Waals surface area (Å²) in [6, 6.07) is 4.82. The molecule has 1 saturated heterocycles. The molecule has 1 heterocycles. The summed E-state index contributed by atoms with van der Waals surface area (Å²) in [5, 5.41) is 40.9. The summed E-state index contributed by atoms with van der Waals surface area (Å²) in [5.74, 6) is -1.50. The van der Waals surface area contributed by atoms with Crippen molar-refractivity contribution in [3.05, 3.63) is 35.4 Å². The molecule has 2 rings (SSSR count). The summed E-state index contributed by atoms with van der Waals surface area (Å²) in [6.07, 6.45) is -4.54. The van der Waals surface area contributed by atoms with Gasteiger partial charge in [-0.3, -0.25) is 4.79 Å². The molecule has 0 aliphatic carbocycles. The molecule has 1 unspecified atom stereocenters. The molecule has 0 saturated carbocycles. The largest absolute Gasteiger partial charge is 0.478 e. The molecule has 5 N–H and O–H groups in total. The number of carbonyl (C=O) groups is 2. The first-order chi connectivity index (χ1) is 10.8. The van der Waals surface area contributed by atoms with Crippen molar-refractivity contribution in [3.63, 3.8) is 0 Å². The number of benzene rings is 1. The average Bonchev–Trinajstić information content (AvgIpc) is 2.52. The van der Waals surface area contributed by atoms with Crippen LogP contribution in [0, 0.1) is 0 Å². The van der Waals surface area contributed by atoms with Crippen molar-refractivity contribution in [1.82, 2.24) is 5.32 Å². The Bertz CT molecular complexity index is 574. The first-order valence-electron chi connectivity index (χ1n) is 7.08. The predicted molar refractivity (Wildman–Crippen MR) is 77.7 cm³/mol. The van der Waals surface area contributed by atoms with E-state index in [0.717, 1.165) is 0 Å². The maximum absolute atomic E-state index is 11.3. The van der Waals surface area contributed by atoms with Crippen molar-refractivity contribution in [2.75, 3.05) is 6.61 Å². The van der Waals surface area contributed by atoms with Gasteiger partial charge in [0.05, 0.1) is 18.2 Å². The third-order valence-electron chi connectivity index (χ3n) is 3.78. The van der Waals surface area contributed by atoms with E-state index in [2.05, 4.69) is 5.32 Å². The summed E-state index contributed by atoms with van der Waals surface area (Å²) in [7, 11) is 0. The first kappa shape index (κ1) is 17.4. The quantitative estimate of drug-likeness (QED) is 0.481. The number of hydrogen-bond acceptors (Lipinski definition) is 6. The van der Waals surface area contributed by atoms with Crippen LogP contribution in [0.4, 0.5) is 0 Å². The molecule has 0 aromatic heterocycles. The molecular formula is C15H19NO7. The van der Waals surface area contributed by atoms with E-state index in [-0.39, 0.29) is 5.56 Å². The van der Waals surface area contributed by atoms with Crippen LogP contribution >= 0.6 is 0 Å². The van der Waals surface area contributed by atoms with Crippen molar-refractivity contribution in [2.24, 2.45) is 0 Å². The van der Waals surface area contributed by atoms with Crippen LogP contribution in [0.15, 0.2) is 24.3 Å². The Morgan fingerprint density at radius 2 is 1.78 bits per heavy atom. The Kier molecular flexibility index (Phi) is 5.32. The minimum Gasteiger partial charge on any atom is -0.478 e. The van der Waals surface area contributed by atoms with E-state index >= 15 is 0 Å². The molecule has 1 aromatic rings. The molecule has 1 aromatic carbocycles. The standard InChI is InChI=1S/C15H19NO7/c1-7(18)16-11-13(20)12(19)10(6-17)23-14(11)8-2-4-9(5-3-8)15(21)22/h2-5,10-14,17,19-20H,6H2,1H3,(H,16,18)(H,21,22)/t10-,11-,12-,13-,14?/m1/s1. The summed E-state index contributed by atoms with van der Waals surface area (Å²) in [5.41, 5.74) is 0.595. The van der Waals surface area contributed by atoms with Crippen molar-refractivity contribution in [2.45, 2.75) is 37.4 Å². The lowest BCUT2D eigenvalue weighted by Gasteiger charge is -2.42. The Labute approximate surface area is 132 Å². The van der Waals surface area contributed by atoms with E-state index < -0.39 is 48.9 Å². The van der Waals surface area contributed by atoms with Gasteiger partial charge in [0.2, 0.25) is 5.91 Å². The topological polar surface area (TPSA) is 136 Å². The fourth-order valence-corrected chi connectivity index (χ4v) is 2.61. The van der Waals surface area contributed by atoms with Crippen molar-refractivity contribution >= 4 is 11.9 Å². The molecular weight excluding hydrogens is 306 g/mol. The highest BCUT2D eigenvalue weighted by molar-refractivity contribution is 5.87. The minimum absolute atomic E-state index is 0.0833. The average molecular weight is 325 g/mol. The van der Waals surface area contributed by atoms with Gasteiger partial charge in [0.25, 0.3) is 0 Å². The van der Waals surface area contributed by atoms with Crippen molar-refractivity contribution in [3.8, 4) is 0 Å². The lowest BCUT2D eigenvalue weighted by molar-refractivity contribution is -0.197. The van der Waals surface area contributed by atoms with Gasteiger partial charge in [0, 0.05) is 6.92 Å². The zero-order chi connectivity index (χ0) is 17.1. The van der Waals surface area contributed by atoms with Crippen LogP contribution in [0.25, 0.3) is 0 Å². The molecule has 8 heteroatoms. The number of nitrogens with one attached hydrogen (secondary N) is 1. The number of carboxylic acid groups (broad SMARTS) is 1. The number of aliphatic hydroxyl groups is 3. The lowest BCUT2D eigenvalue weighted by atomic mass is 9.88. The highest BCUT2D eigenvalue weighted by Gasteiger charge is 2.45. The molecule has 8 nitrogen and oxygen atoms in total. The van der Waals surface area contributed by atoms with E-state index in [0.29, 0.717) is 5.56 Å². The van der Waals surface area contributed by atoms with Gasteiger partial charge >= 0.3 is 5.97 Å². The van der Waals surface area contributed by atoms with E-state index in [1.54, 1.807) is 0 Å². The smallest absolute Gasteiger partial charge is 0.335 e. The number of ether oxygens (including phenoxy) is 1. The maximum Gasteiger partial charge on any atom is 0.335 e. The van der Waals surface area contributed by atoms with Gasteiger partial charge in [-0.1, -0.05) is 12.1 Å². The monoisotopic (exact) mass is 325 g/mol. The summed E-state index contributed by atoms with van der Waals surface area (Å²) in [4.78, 5) is 22.2. The van der Waals surface area contributed by atoms with Crippen LogP contribution in [-0.2, 0) is 9.53 Å². The van der Waals surface area contributed by atoms with Gasteiger partial charge in [-0.2, -0.15) is 0 Å². The number of aliphatic hydroxyl groups excluding tert-OH is 3. The number of carbonyl (C=O) groups excluding carboxylic acids is 1. The Hall–Kier alpha value is -2.00. The van der Waals surface area contributed by atoms with E-state index in [1.807, 2.05) is 0 Å². The van der Waals surface area contributed by atoms with Crippen LogP contribution in [0.1, 0.15) is 28.9 Å². The zero-order valence-electron chi connectivity index (χ0n) is 12.4. The minimum atomic E-state index is -1.36. The Morgan fingerprint density at radius 3 is 2.26 bits per heavy atom. The molecule has 5 atom stereocenters. The van der Waals surface area contributed by atoms with Gasteiger partial charge < -0.3 is 30.5 Å². The van der Waals surface area contributed by atoms with Crippen LogP contribution in [0.5, 0.6) is 0 Å². The lowest BCUT2D eigenvalue weighted by Crippen LogP contribution is -2.60. The van der Waals surface area contributed by atoms with Crippen LogP contribution in [-0.4, -0.2) is 63.3 Å².